The van der Waals surface area contributed by atoms with Crippen molar-refractivity contribution in [3.05, 3.63) is 48.0 Å². The molecule has 1 heterocycles. The second-order valence-corrected chi connectivity index (χ2v) is 10.9. The Morgan fingerprint density at radius 1 is 0.906 bits per heavy atom. The molecule has 7 nitrogen and oxygen atoms in total. The highest BCUT2D eigenvalue weighted by Crippen LogP contribution is 2.44. The van der Waals surface area contributed by atoms with Gasteiger partial charge >= 0.3 is 0 Å². The maximum atomic E-state index is 13.1. The Morgan fingerprint density at radius 3 is 2.09 bits per heavy atom. The Bertz CT molecular complexity index is 1180. The zero-order valence-electron chi connectivity index (χ0n) is 18.0. The Morgan fingerprint density at radius 2 is 1.50 bits per heavy atom. The number of carbonyl (C=O) groups excluding carboxylic acids is 2. The first-order chi connectivity index (χ1) is 15.2. The molecule has 2 N–H and O–H groups in total. The van der Waals surface area contributed by atoms with Gasteiger partial charge in [-0.1, -0.05) is 30.3 Å². The van der Waals surface area contributed by atoms with Gasteiger partial charge in [0.15, 0.2) is 0 Å². The summed E-state index contributed by atoms with van der Waals surface area (Å²) in [5.41, 5.74) is 4.01. The lowest BCUT2D eigenvalue weighted by Crippen LogP contribution is -2.52. The molecule has 2 fully saturated rings. The maximum Gasteiger partial charge on any atom is 0.230 e. The van der Waals surface area contributed by atoms with Crippen LogP contribution in [0.4, 0.5) is 11.4 Å². The molecule has 32 heavy (non-hydrogen) atoms. The molecular formula is C24H27N3O4S. The number of hydrogen-bond donors (Lipinski definition) is 1. The molecule has 0 spiro atoms. The smallest absolute Gasteiger partial charge is 0.230 e. The Labute approximate surface area is 188 Å². The molecule has 0 bridgehead atoms. The van der Waals surface area contributed by atoms with Gasteiger partial charge in [0.05, 0.1) is 23.2 Å². The summed E-state index contributed by atoms with van der Waals surface area (Å²) in [7, 11) is -3.59. The van der Waals surface area contributed by atoms with E-state index in [1.165, 1.54) is 0 Å². The number of carbonyl (C=O) groups is 2. The van der Waals surface area contributed by atoms with Gasteiger partial charge in [0.2, 0.25) is 21.8 Å². The van der Waals surface area contributed by atoms with Crippen LogP contribution in [0.25, 0.3) is 11.1 Å². The average Bonchev–Trinajstić information content (AvgIpc) is 3.63. The minimum atomic E-state index is -3.59. The fraction of sp³-hybridized carbons (Fsp3) is 0.417. The van der Waals surface area contributed by atoms with Crippen molar-refractivity contribution in [1.82, 2.24) is 0 Å². The van der Waals surface area contributed by atoms with Gasteiger partial charge in [-0.05, 0) is 61.4 Å². The van der Waals surface area contributed by atoms with Gasteiger partial charge in [0.1, 0.15) is 0 Å². The van der Waals surface area contributed by atoms with Crippen LogP contribution in [0.5, 0.6) is 0 Å². The number of anilines is 2. The van der Waals surface area contributed by atoms with Gasteiger partial charge in [-0.15, -0.1) is 0 Å². The van der Waals surface area contributed by atoms with Crippen molar-refractivity contribution >= 4 is 33.2 Å². The molecule has 168 valence electrons. The number of benzene rings is 2. The Kier molecular flexibility index (Phi) is 5.09. The van der Waals surface area contributed by atoms with Crippen molar-refractivity contribution in [2.45, 2.75) is 44.4 Å². The van der Waals surface area contributed by atoms with E-state index in [1.807, 2.05) is 47.1 Å². The predicted molar refractivity (Wildman–Crippen MR) is 123 cm³/mol. The van der Waals surface area contributed by atoms with E-state index in [9.17, 15) is 18.0 Å². The molecule has 0 radical (unpaired) electrons. The van der Waals surface area contributed by atoms with Crippen LogP contribution in [0, 0.1) is 11.8 Å². The topological polar surface area (TPSA) is 101 Å². The summed E-state index contributed by atoms with van der Waals surface area (Å²) in [6.07, 6.45) is 3.72. The average molecular weight is 454 g/mol. The minimum absolute atomic E-state index is 0.0679. The van der Waals surface area contributed by atoms with Gasteiger partial charge in [0.25, 0.3) is 0 Å². The summed E-state index contributed by atoms with van der Waals surface area (Å²) in [6.45, 7) is 2.51. The van der Waals surface area contributed by atoms with E-state index in [0.29, 0.717) is 12.1 Å². The number of fused-ring (bicyclic) bond motifs is 1. The normalized spacial score (nSPS) is 20.8. The quantitative estimate of drug-likeness (QED) is 0.752. The zero-order chi connectivity index (χ0) is 22.6. The third-order valence-corrected chi connectivity index (χ3v) is 7.16. The number of rotatable bonds is 5. The van der Waals surface area contributed by atoms with Crippen molar-refractivity contribution in [1.29, 1.82) is 0 Å². The van der Waals surface area contributed by atoms with Crippen LogP contribution in [0.15, 0.2) is 42.5 Å². The van der Waals surface area contributed by atoms with Crippen LogP contribution in [-0.4, -0.2) is 32.8 Å². The predicted octanol–water partition coefficient (Wildman–Crippen LogP) is 3.03. The van der Waals surface area contributed by atoms with Gasteiger partial charge in [-0.25, -0.2) is 13.6 Å². The number of hydrogen-bond acceptors (Lipinski definition) is 4. The van der Waals surface area contributed by atoms with Crippen LogP contribution < -0.4 is 14.9 Å². The van der Waals surface area contributed by atoms with Crippen LogP contribution in [-0.2, 0) is 25.4 Å². The summed E-state index contributed by atoms with van der Waals surface area (Å²) in [4.78, 5) is 29.8. The summed E-state index contributed by atoms with van der Waals surface area (Å²) < 4.78 is 22.7. The molecule has 8 heteroatoms. The molecule has 1 unspecified atom stereocenters. The first kappa shape index (κ1) is 21.2. The molecule has 0 saturated heterocycles. The monoisotopic (exact) mass is 453 g/mol. The number of sulfonamides is 1. The Balaban J connectivity index is 1.52. The molecule has 5 rings (SSSR count). The number of nitrogens with zero attached hydrogens (tertiary/aromatic N) is 2. The van der Waals surface area contributed by atoms with Crippen molar-refractivity contribution in [2.24, 2.45) is 17.0 Å². The van der Waals surface area contributed by atoms with Gasteiger partial charge in [-0.2, -0.15) is 0 Å². The second kappa shape index (κ2) is 7.71. The molecule has 1 aliphatic heterocycles. The summed E-state index contributed by atoms with van der Waals surface area (Å²) in [5, 5.41) is 5.14. The molecule has 2 amide bonds. The van der Waals surface area contributed by atoms with E-state index in [4.69, 9.17) is 5.14 Å². The maximum absolute atomic E-state index is 13.1. The number of primary sulfonamides is 1. The highest BCUT2D eigenvalue weighted by atomic mass is 32.2. The zero-order valence-corrected chi connectivity index (χ0v) is 18.8. The van der Waals surface area contributed by atoms with Gasteiger partial charge < -0.3 is 9.80 Å². The summed E-state index contributed by atoms with van der Waals surface area (Å²) >= 11 is 0. The number of nitrogens with two attached hydrogens (primary N) is 1. The third-order valence-electron chi connectivity index (χ3n) is 6.43. The van der Waals surface area contributed by atoms with Crippen molar-refractivity contribution < 1.29 is 18.0 Å². The van der Waals surface area contributed by atoms with E-state index < -0.39 is 10.0 Å². The third kappa shape index (κ3) is 4.17. The SMILES string of the molecule is CC1CN(C(=O)C2CC2)c2cc(-c3ccc(CS(N)(=O)=O)cc3)ccc2N1C(=O)C1CC1. The standard InChI is InChI=1S/C24H27N3O4S/c1-15-13-26(23(28)18-6-7-18)22-12-20(10-11-21(22)27(15)24(29)19-8-9-19)17-4-2-16(3-5-17)14-32(25,30)31/h2-5,10-12,15,18-19H,6-9,13-14H2,1H3,(H2,25,30,31). The second-order valence-electron chi connectivity index (χ2n) is 9.26. The molecule has 2 saturated carbocycles. The lowest BCUT2D eigenvalue weighted by atomic mass is 9.99. The van der Waals surface area contributed by atoms with Crippen LogP contribution >= 0.6 is 0 Å². The van der Waals surface area contributed by atoms with E-state index in [0.717, 1.165) is 48.2 Å². The molecular weight excluding hydrogens is 426 g/mol. The van der Waals surface area contributed by atoms with E-state index in [1.54, 1.807) is 12.1 Å². The molecule has 1 atom stereocenters. The first-order valence-corrected chi connectivity index (χ1v) is 12.8. The highest BCUT2D eigenvalue weighted by Gasteiger charge is 2.43. The van der Waals surface area contributed by atoms with Crippen LogP contribution in [0.3, 0.4) is 0 Å². The highest BCUT2D eigenvalue weighted by molar-refractivity contribution is 7.88. The van der Waals surface area contributed by atoms with Crippen LogP contribution in [0.1, 0.15) is 38.2 Å². The van der Waals surface area contributed by atoms with Gasteiger partial charge in [-0.3, -0.25) is 9.59 Å². The van der Waals surface area contributed by atoms with E-state index >= 15 is 0 Å². The van der Waals surface area contributed by atoms with Crippen molar-refractivity contribution in [3.63, 3.8) is 0 Å². The Hall–Kier alpha value is -2.71. The lowest BCUT2D eigenvalue weighted by molar-refractivity contribution is -0.122. The largest absolute Gasteiger partial charge is 0.308 e. The molecule has 2 aromatic rings. The summed E-state index contributed by atoms with van der Waals surface area (Å²) in [6, 6.07) is 13.0. The summed E-state index contributed by atoms with van der Waals surface area (Å²) in [5.74, 6) is 0.260. The van der Waals surface area contributed by atoms with E-state index in [2.05, 4.69) is 0 Å². The molecule has 3 aliphatic rings. The van der Waals surface area contributed by atoms with Crippen molar-refractivity contribution in [3.8, 4) is 11.1 Å². The minimum Gasteiger partial charge on any atom is -0.308 e. The number of amides is 2. The fourth-order valence-electron chi connectivity index (χ4n) is 4.45. The van der Waals surface area contributed by atoms with Gasteiger partial charge in [0, 0.05) is 18.4 Å². The molecule has 0 aromatic heterocycles. The van der Waals surface area contributed by atoms with E-state index in [-0.39, 0.29) is 35.4 Å². The molecule has 2 aromatic carbocycles. The first-order valence-electron chi connectivity index (χ1n) is 11.1. The van der Waals surface area contributed by atoms with Crippen molar-refractivity contribution in [2.75, 3.05) is 16.3 Å². The fourth-order valence-corrected chi connectivity index (χ4v) is 5.11. The lowest BCUT2D eigenvalue weighted by Gasteiger charge is -2.41. The molecule has 2 aliphatic carbocycles. The van der Waals surface area contributed by atoms with Crippen LogP contribution in [0.2, 0.25) is 0 Å².